The molecule has 1 atom stereocenters. The predicted molar refractivity (Wildman–Crippen MR) is 53.6 cm³/mol. The van der Waals surface area contributed by atoms with Crippen LogP contribution in [0.3, 0.4) is 0 Å². The van der Waals surface area contributed by atoms with Gasteiger partial charge < -0.3 is 10.6 Å². The van der Waals surface area contributed by atoms with E-state index in [0.29, 0.717) is 5.69 Å². The summed E-state index contributed by atoms with van der Waals surface area (Å²) in [4.78, 5) is 1.63. The summed E-state index contributed by atoms with van der Waals surface area (Å²) in [6, 6.07) is 4.29. The zero-order valence-electron chi connectivity index (χ0n) is 8.30. The minimum atomic E-state index is -1.29. The molecule has 0 aliphatic carbocycles. The number of nitrogens with zero attached hydrogens (tertiary/aromatic N) is 1. The Morgan fingerprint density at radius 1 is 1.43 bits per heavy atom. The van der Waals surface area contributed by atoms with Crippen LogP contribution >= 0.6 is 0 Å². The summed E-state index contributed by atoms with van der Waals surface area (Å²) in [5.74, 6) is -0.427. The summed E-state index contributed by atoms with van der Waals surface area (Å²) in [5.41, 5.74) is 5.87. The molecule has 0 aromatic heterocycles. The smallest absolute Gasteiger partial charge is 0.146 e. The first-order valence-corrected chi connectivity index (χ1v) is 4.37. The van der Waals surface area contributed by atoms with Gasteiger partial charge in [0.15, 0.2) is 0 Å². The second kappa shape index (κ2) is 4.37. The number of alkyl halides is 1. The van der Waals surface area contributed by atoms with E-state index in [2.05, 4.69) is 0 Å². The van der Waals surface area contributed by atoms with Gasteiger partial charge in [-0.1, -0.05) is 6.07 Å². The van der Waals surface area contributed by atoms with E-state index >= 15 is 0 Å². The van der Waals surface area contributed by atoms with Crippen LogP contribution in [0, 0.1) is 5.82 Å². The van der Waals surface area contributed by atoms with Gasteiger partial charge in [0.2, 0.25) is 0 Å². The Balaban J connectivity index is 3.00. The largest absolute Gasteiger partial charge is 0.375 e. The molecule has 0 bridgehead atoms. The quantitative estimate of drug-likeness (QED) is 0.807. The Kier molecular flexibility index (Phi) is 3.41. The van der Waals surface area contributed by atoms with Crippen LogP contribution < -0.4 is 10.6 Å². The highest BCUT2D eigenvalue weighted by Crippen LogP contribution is 2.23. The molecular weight excluding hydrogens is 186 g/mol. The Hall–Kier alpha value is -1.16. The maximum Gasteiger partial charge on any atom is 0.146 e. The lowest BCUT2D eigenvalue weighted by Crippen LogP contribution is -2.12. The second-order valence-corrected chi connectivity index (χ2v) is 3.31. The van der Waals surface area contributed by atoms with E-state index in [0.717, 1.165) is 0 Å². The van der Waals surface area contributed by atoms with Crippen LogP contribution in [0.2, 0.25) is 0 Å². The summed E-state index contributed by atoms with van der Waals surface area (Å²) >= 11 is 0. The van der Waals surface area contributed by atoms with E-state index in [1.807, 2.05) is 0 Å². The SMILES string of the molecule is CN(C)c1ccc(C(F)CN)cc1F. The fourth-order valence-corrected chi connectivity index (χ4v) is 1.22. The standard InChI is InChI=1S/C10H14F2N2/c1-14(2)10-4-3-7(5-8(10)11)9(12)6-13/h3-5,9H,6,13H2,1-2H3. The molecule has 14 heavy (non-hydrogen) atoms. The van der Waals surface area contributed by atoms with Crippen molar-refractivity contribution in [2.75, 3.05) is 25.5 Å². The van der Waals surface area contributed by atoms with E-state index in [4.69, 9.17) is 5.73 Å². The van der Waals surface area contributed by atoms with E-state index in [9.17, 15) is 8.78 Å². The number of benzene rings is 1. The van der Waals surface area contributed by atoms with Crippen molar-refractivity contribution in [1.82, 2.24) is 0 Å². The first kappa shape index (κ1) is 10.9. The molecule has 2 N–H and O–H groups in total. The molecule has 1 aromatic carbocycles. The number of halogens is 2. The van der Waals surface area contributed by atoms with Crippen molar-refractivity contribution in [3.05, 3.63) is 29.6 Å². The van der Waals surface area contributed by atoms with Crippen LogP contribution in [-0.4, -0.2) is 20.6 Å². The molecule has 0 saturated carbocycles. The number of rotatable bonds is 3. The van der Waals surface area contributed by atoms with Crippen LogP contribution in [0.1, 0.15) is 11.7 Å². The average Bonchev–Trinajstić information content (AvgIpc) is 2.15. The van der Waals surface area contributed by atoms with Crippen LogP contribution in [-0.2, 0) is 0 Å². The molecule has 1 aromatic rings. The molecule has 0 radical (unpaired) electrons. The summed E-state index contributed by atoms with van der Waals surface area (Å²) in [6.45, 7) is -0.124. The van der Waals surface area contributed by atoms with Crippen LogP contribution in [0.5, 0.6) is 0 Å². The van der Waals surface area contributed by atoms with Gasteiger partial charge in [-0.25, -0.2) is 8.78 Å². The highest BCUT2D eigenvalue weighted by atomic mass is 19.1. The number of anilines is 1. The third-order valence-electron chi connectivity index (χ3n) is 2.02. The van der Waals surface area contributed by atoms with Crippen molar-refractivity contribution < 1.29 is 8.78 Å². The van der Waals surface area contributed by atoms with Gasteiger partial charge in [-0.05, 0) is 17.7 Å². The first-order chi connectivity index (χ1) is 6.56. The maximum atomic E-state index is 13.3. The lowest BCUT2D eigenvalue weighted by atomic mass is 10.1. The molecule has 0 fully saturated rings. The summed E-state index contributed by atoms with van der Waals surface area (Å²) in [7, 11) is 3.46. The third-order valence-corrected chi connectivity index (χ3v) is 2.02. The molecule has 2 nitrogen and oxygen atoms in total. The molecular formula is C10H14F2N2. The molecule has 0 spiro atoms. The Labute approximate surface area is 82.3 Å². The molecule has 0 aliphatic rings. The number of hydrogen-bond donors (Lipinski definition) is 1. The minimum Gasteiger partial charge on any atom is -0.375 e. The van der Waals surface area contributed by atoms with Gasteiger partial charge >= 0.3 is 0 Å². The van der Waals surface area contributed by atoms with Crippen LogP contribution in [0.4, 0.5) is 14.5 Å². The Morgan fingerprint density at radius 2 is 2.07 bits per heavy atom. The summed E-state index contributed by atoms with van der Waals surface area (Å²) in [6.07, 6.45) is -1.29. The highest BCUT2D eigenvalue weighted by molar-refractivity contribution is 5.48. The summed E-state index contributed by atoms with van der Waals surface area (Å²) < 4.78 is 26.4. The number of nitrogens with two attached hydrogens (primary N) is 1. The van der Waals surface area contributed by atoms with Crippen molar-refractivity contribution in [2.24, 2.45) is 5.73 Å². The van der Waals surface area contributed by atoms with Gasteiger partial charge in [0.1, 0.15) is 12.0 Å². The minimum absolute atomic E-state index is 0.124. The zero-order chi connectivity index (χ0) is 10.7. The van der Waals surface area contributed by atoms with Crippen LogP contribution in [0.15, 0.2) is 18.2 Å². The Bertz CT molecular complexity index is 313. The van der Waals surface area contributed by atoms with Gasteiger partial charge in [0, 0.05) is 20.6 Å². The molecule has 1 unspecified atom stereocenters. The van der Waals surface area contributed by atoms with Gasteiger partial charge in [0.25, 0.3) is 0 Å². The first-order valence-electron chi connectivity index (χ1n) is 4.37. The van der Waals surface area contributed by atoms with Crippen molar-refractivity contribution >= 4 is 5.69 Å². The van der Waals surface area contributed by atoms with Gasteiger partial charge in [0.05, 0.1) is 5.69 Å². The molecule has 0 aliphatic heterocycles. The van der Waals surface area contributed by atoms with Crippen molar-refractivity contribution in [2.45, 2.75) is 6.17 Å². The summed E-state index contributed by atoms with van der Waals surface area (Å²) in [5, 5.41) is 0. The van der Waals surface area contributed by atoms with E-state index in [1.54, 1.807) is 31.1 Å². The monoisotopic (exact) mass is 200 g/mol. The predicted octanol–water partition coefficient (Wildman–Crippen LogP) is 1.86. The van der Waals surface area contributed by atoms with Crippen molar-refractivity contribution in [3.63, 3.8) is 0 Å². The molecule has 4 heteroatoms. The fraction of sp³-hybridized carbons (Fsp3) is 0.400. The lowest BCUT2D eigenvalue weighted by molar-refractivity contribution is 0.351. The lowest BCUT2D eigenvalue weighted by Gasteiger charge is -2.14. The van der Waals surface area contributed by atoms with E-state index in [-0.39, 0.29) is 12.1 Å². The normalized spacial score (nSPS) is 12.6. The van der Waals surface area contributed by atoms with Gasteiger partial charge in [-0.2, -0.15) is 0 Å². The third kappa shape index (κ3) is 2.20. The maximum absolute atomic E-state index is 13.3. The molecule has 78 valence electrons. The van der Waals surface area contributed by atoms with Gasteiger partial charge in [-0.15, -0.1) is 0 Å². The fourth-order valence-electron chi connectivity index (χ4n) is 1.22. The molecule has 0 amide bonds. The van der Waals surface area contributed by atoms with E-state index < -0.39 is 12.0 Å². The van der Waals surface area contributed by atoms with Crippen LogP contribution in [0.25, 0.3) is 0 Å². The second-order valence-electron chi connectivity index (χ2n) is 3.31. The van der Waals surface area contributed by atoms with E-state index in [1.165, 1.54) is 6.07 Å². The molecule has 0 saturated heterocycles. The highest BCUT2D eigenvalue weighted by Gasteiger charge is 2.11. The zero-order valence-corrected chi connectivity index (χ0v) is 8.30. The number of hydrogen-bond acceptors (Lipinski definition) is 2. The van der Waals surface area contributed by atoms with Crippen molar-refractivity contribution in [3.8, 4) is 0 Å². The molecule has 0 heterocycles. The van der Waals surface area contributed by atoms with Gasteiger partial charge in [-0.3, -0.25) is 0 Å². The topological polar surface area (TPSA) is 29.3 Å². The van der Waals surface area contributed by atoms with Crippen molar-refractivity contribution in [1.29, 1.82) is 0 Å². The average molecular weight is 200 g/mol. The molecule has 1 rings (SSSR count). The Morgan fingerprint density at radius 3 is 2.50 bits per heavy atom.